The maximum atomic E-state index is 12.7. The molecule has 0 spiro atoms. The maximum Gasteiger partial charge on any atom is 0.417 e. The van der Waals surface area contributed by atoms with Crippen LogP contribution in [-0.4, -0.2) is 29.4 Å². The lowest BCUT2D eigenvalue weighted by molar-refractivity contribution is -0.322. The molecule has 6 nitrogen and oxygen atoms in total. The van der Waals surface area contributed by atoms with Gasteiger partial charge in [0, 0.05) is 18.2 Å². The van der Waals surface area contributed by atoms with Gasteiger partial charge in [-0.25, -0.2) is 4.98 Å². The van der Waals surface area contributed by atoms with Crippen LogP contribution < -0.4 is 16.0 Å². The van der Waals surface area contributed by atoms with Crippen molar-refractivity contribution < 1.29 is 28.5 Å². The van der Waals surface area contributed by atoms with E-state index in [2.05, 4.69) is 16.0 Å². The van der Waals surface area contributed by atoms with Crippen molar-refractivity contribution in [3.05, 3.63) is 34.6 Å². The normalized spacial score (nSPS) is 18.1. The number of carbonyl (C=O) groups is 2. The molecule has 10 heteroatoms. The lowest BCUT2D eigenvalue weighted by Crippen LogP contribution is -2.58. The first kappa shape index (κ1) is 21.2. The quantitative estimate of drug-likeness (QED) is 0.754. The zero-order valence-electron chi connectivity index (χ0n) is 15.2. The van der Waals surface area contributed by atoms with Gasteiger partial charge in [0.1, 0.15) is 17.6 Å². The van der Waals surface area contributed by atoms with Crippen molar-refractivity contribution in [1.29, 1.82) is 0 Å². The van der Waals surface area contributed by atoms with Crippen LogP contribution in [0.15, 0.2) is 24.0 Å². The molecule has 1 saturated heterocycles. The van der Waals surface area contributed by atoms with Gasteiger partial charge >= 0.3 is 6.18 Å². The lowest BCUT2D eigenvalue weighted by atomic mass is 9.92. The smallest absolute Gasteiger partial charge is 0.343 e. The number of halogens is 4. The number of allylic oxidation sites excluding steroid dienone is 1. The molecular weight excluding hydrogens is 385 g/mol. The number of quaternary nitrogens is 1. The van der Waals surface area contributed by atoms with Gasteiger partial charge in [0.25, 0.3) is 5.91 Å². The highest BCUT2D eigenvalue weighted by Gasteiger charge is 2.38. The molecule has 0 aliphatic carbocycles. The fourth-order valence-electron chi connectivity index (χ4n) is 2.33. The van der Waals surface area contributed by atoms with Crippen LogP contribution in [-0.2, 0) is 15.8 Å². The Morgan fingerprint density at radius 2 is 2.00 bits per heavy atom. The number of carbonyl (C=O) groups excluding carboxylic acids is 2. The minimum atomic E-state index is -4.56. The summed E-state index contributed by atoms with van der Waals surface area (Å²) in [4.78, 5) is 29.5. The maximum absolute atomic E-state index is 12.7. The number of alkyl halides is 3. The Bertz CT molecular complexity index is 787. The van der Waals surface area contributed by atoms with Crippen molar-refractivity contribution in [2.45, 2.75) is 39.4 Å². The second-order valence-electron chi connectivity index (χ2n) is 7.30. The SMILES string of the molecule is CC(C)(C)C([NH3+])=CC(=O)NC(=O)[C@@H]1CCN1c1ncc(C(F)(F)F)cc1Cl. The molecule has 1 atom stereocenters. The summed E-state index contributed by atoms with van der Waals surface area (Å²) in [6.07, 6.45) is -2.21. The third kappa shape index (κ3) is 4.98. The van der Waals surface area contributed by atoms with E-state index in [-0.39, 0.29) is 16.3 Å². The van der Waals surface area contributed by atoms with Crippen LogP contribution in [0.2, 0.25) is 5.02 Å². The van der Waals surface area contributed by atoms with Crippen LogP contribution in [0.1, 0.15) is 32.8 Å². The van der Waals surface area contributed by atoms with Crippen molar-refractivity contribution in [2.75, 3.05) is 11.4 Å². The zero-order valence-corrected chi connectivity index (χ0v) is 15.9. The van der Waals surface area contributed by atoms with Crippen LogP contribution in [0, 0.1) is 5.41 Å². The molecule has 0 saturated carbocycles. The number of nitrogens with zero attached hydrogens (tertiary/aromatic N) is 2. The third-order valence-corrected chi connectivity index (χ3v) is 4.54. The number of pyridine rings is 1. The Kier molecular flexibility index (Phi) is 5.86. The fraction of sp³-hybridized carbons (Fsp3) is 0.471. The molecule has 2 amide bonds. The first-order valence-corrected chi connectivity index (χ1v) is 8.57. The molecule has 1 aromatic heterocycles. The second kappa shape index (κ2) is 7.47. The Balaban J connectivity index is 2.09. The van der Waals surface area contributed by atoms with Gasteiger partial charge in [-0.1, -0.05) is 32.4 Å². The van der Waals surface area contributed by atoms with Gasteiger partial charge in [-0.2, -0.15) is 13.2 Å². The van der Waals surface area contributed by atoms with Crippen molar-refractivity contribution in [1.82, 2.24) is 10.3 Å². The van der Waals surface area contributed by atoms with Gasteiger partial charge in [0.05, 0.1) is 16.7 Å². The van der Waals surface area contributed by atoms with Gasteiger partial charge in [-0.15, -0.1) is 0 Å². The summed E-state index contributed by atoms with van der Waals surface area (Å²) in [5, 5.41) is 2.05. The number of hydrogen-bond donors (Lipinski definition) is 2. The van der Waals surface area contributed by atoms with Crippen LogP contribution in [0.4, 0.5) is 19.0 Å². The summed E-state index contributed by atoms with van der Waals surface area (Å²) in [7, 11) is 0. The molecule has 148 valence electrons. The van der Waals surface area contributed by atoms with E-state index in [1.165, 1.54) is 11.0 Å². The second-order valence-corrected chi connectivity index (χ2v) is 7.71. The van der Waals surface area contributed by atoms with E-state index >= 15 is 0 Å². The van der Waals surface area contributed by atoms with Gasteiger partial charge in [0.2, 0.25) is 5.91 Å². The predicted octanol–water partition coefficient (Wildman–Crippen LogP) is 2.15. The molecule has 0 unspecified atom stereocenters. The minimum absolute atomic E-state index is 0.0756. The zero-order chi connectivity index (χ0) is 20.6. The van der Waals surface area contributed by atoms with Gasteiger partial charge < -0.3 is 10.6 Å². The van der Waals surface area contributed by atoms with Crippen molar-refractivity contribution in [3.63, 3.8) is 0 Å². The van der Waals surface area contributed by atoms with Gasteiger partial charge in [-0.3, -0.25) is 14.9 Å². The fourth-order valence-corrected chi connectivity index (χ4v) is 2.60. The molecule has 4 N–H and O–H groups in total. The van der Waals surface area contributed by atoms with Crippen LogP contribution in [0.5, 0.6) is 0 Å². The topological polar surface area (TPSA) is 89.9 Å². The van der Waals surface area contributed by atoms with E-state index in [9.17, 15) is 22.8 Å². The Morgan fingerprint density at radius 3 is 2.44 bits per heavy atom. The van der Waals surface area contributed by atoms with E-state index in [0.717, 1.165) is 6.07 Å². The van der Waals surface area contributed by atoms with Crippen LogP contribution in [0.25, 0.3) is 0 Å². The summed E-state index contributed by atoms with van der Waals surface area (Å²) < 4.78 is 38.1. The summed E-state index contributed by atoms with van der Waals surface area (Å²) in [5.41, 5.74) is 3.07. The number of rotatable bonds is 3. The van der Waals surface area contributed by atoms with Crippen molar-refractivity contribution >= 4 is 29.2 Å². The number of nitrogens with one attached hydrogen (secondary N) is 1. The van der Waals surface area contributed by atoms with Crippen LogP contribution >= 0.6 is 11.6 Å². The molecule has 0 aromatic carbocycles. The first-order valence-electron chi connectivity index (χ1n) is 8.19. The molecule has 0 bridgehead atoms. The number of anilines is 1. The van der Waals surface area contributed by atoms with Gasteiger partial charge in [0.15, 0.2) is 0 Å². The van der Waals surface area contributed by atoms with E-state index < -0.39 is 29.6 Å². The average molecular weight is 406 g/mol. The monoisotopic (exact) mass is 405 g/mol. The number of imide groups is 1. The first-order chi connectivity index (χ1) is 12.3. The van der Waals surface area contributed by atoms with Crippen LogP contribution in [0.3, 0.4) is 0 Å². The number of amides is 2. The summed E-state index contributed by atoms with van der Waals surface area (Å²) in [6, 6.07) is 0.0376. The standard InChI is InChI=1S/C17H20ClF3N4O2/c1-16(2,3)12(22)7-13(26)24-15(27)11-4-5-25(11)14-10(18)6-9(8-23-14)17(19,20)21/h6-8,11H,4-5,22H2,1-3H3,(H,24,26,27)/p+1/t11-/m0/s1. The summed E-state index contributed by atoms with van der Waals surface area (Å²) >= 11 is 5.92. The molecule has 1 aliphatic rings. The lowest BCUT2D eigenvalue weighted by Gasteiger charge is -2.40. The molecule has 1 fully saturated rings. The van der Waals surface area contributed by atoms with E-state index in [0.29, 0.717) is 24.9 Å². The predicted molar refractivity (Wildman–Crippen MR) is 93.6 cm³/mol. The summed E-state index contributed by atoms with van der Waals surface area (Å²) in [5.74, 6) is -1.09. The highest BCUT2D eigenvalue weighted by Crippen LogP contribution is 2.36. The molecule has 1 aliphatic heterocycles. The van der Waals surface area contributed by atoms with E-state index in [1.54, 1.807) is 0 Å². The highest BCUT2D eigenvalue weighted by atomic mass is 35.5. The van der Waals surface area contributed by atoms with E-state index in [1.807, 2.05) is 20.8 Å². The molecule has 27 heavy (non-hydrogen) atoms. The number of aromatic nitrogens is 1. The summed E-state index contributed by atoms with van der Waals surface area (Å²) in [6.45, 7) is 6.04. The Morgan fingerprint density at radius 1 is 1.37 bits per heavy atom. The molecule has 0 radical (unpaired) electrons. The third-order valence-electron chi connectivity index (χ3n) is 4.26. The Labute approximate surface area is 159 Å². The molecular formula is C17H21ClF3N4O2+. The Hall–Kier alpha value is -2.13. The average Bonchev–Trinajstić information content (AvgIpc) is 2.45. The minimum Gasteiger partial charge on any atom is -0.343 e. The van der Waals surface area contributed by atoms with Crippen molar-refractivity contribution in [3.8, 4) is 0 Å². The highest BCUT2D eigenvalue weighted by molar-refractivity contribution is 6.33. The molecule has 1 aromatic rings. The van der Waals surface area contributed by atoms with Crippen molar-refractivity contribution in [2.24, 2.45) is 5.41 Å². The number of hydrogen-bond acceptors (Lipinski definition) is 4. The molecule has 2 heterocycles. The van der Waals surface area contributed by atoms with Gasteiger partial charge in [-0.05, 0) is 12.5 Å². The molecule has 2 rings (SSSR count). The largest absolute Gasteiger partial charge is 0.417 e. The van der Waals surface area contributed by atoms with E-state index in [4.69, 9.17) is 11.6 Å².